The van der Waals surface area contributed by atoms with Crippen molar-refractivity contribution in [3.63, 3.8) is 0 Å². The molecule has 1 rings (SSSR count). The van der Waals surface area contributed by atoms with Crippen molar-refractivity contribution in [2.75, 3.05) is 26.7 Å². The molecular formula is C15H23FIN3O2. The summed E-state index contributed by atoms with van der Waals surface area (Å²) in [6, 6.07) is 6.52. The standard InChI is InChI=1S/C15H22FN3O2.HI/c1-3-17-15(19-10-8-14(20)21-2)18-9-7-12-5-4-6-13(16)11-12;/h4-6,11H,3,7-10H2,1-2H3,(H2,17,18,19);1H. The smallest absolute Gasteiger partial charge is 0.307 e. The van der Waals surface area contributed by atoms with Crippen molar-refractivity contribution in [1.82, 2.24) is 10.6 Å². The fourth-order valence-electron chi connectivity index (χ4n) is 1.72. The molecule has 7 heteroatoms. The van der Waals surface area contributed by atoms with Gasteiger partial charge in [0.25, 0.3) is 0 Å². The Kier molecular flexibility index (Phi) is 11.4. The van der Waals surface area contributed by atoms with E-state index in [1.807, 2.05) is 13.0 Å². The van der Waals surface area contributed by atoms with Gasteiger partial charge in [0.05, 0.1) is 20.1 Å². The van der Waals surface area contributed by atoms with E-state index in [4.69, 9.17) is 0 Å². The van der Waals surface area contributed by atoms with E-state index in [0.29, 0.717) is 25.5 Å². The zero-order chi connectivity index (χ0) is 15.5. The van der Waals surface area contributed by atoms with Crippen molar-refractivity contribution in [3.8, 4) is 0 Å². The fourth-order valence-corrected chi connectivity index (χ4v) is 1.72. The van der Waals surface area contributed by atoms with Crippen molar-refractivity contribution in [2.45, 2.75) is 19.8 Å². The molecule has 0 radical (unpaired) electrons. The van der Waals surface area contributed by atoms with Gasteiger partial charge in [-0.3, -0.25) is 9.79 Å². The van der Waals surface area contributed by atoms with Gasteiger partial charge in [-0.2, -0.15) is 0 Å². The SMILES string of the molecule is CCNC(=NCCC(=O)OC)NCCc1cccc(F)c1.I. The lowest BCUT2D eigenvalue weighted by Crippen LogP contribution is -2.38. The van der Waals surface area contributed by atoms with Crippen LogP contribution in [0.1, 0.15) is 18.9 Å². The summed E-state index contributed by atoms with van der Waals surface area (Å²) in [7, 11) is 1.36. The minimum Gasteiger partial charge on any atom is -0.469 e. The lowest BCUT2D eigenvalue weighted by atomic mass is 10.1. The second-order valence-corrected chi connectivity index (χ2v) is 4.39. The van der Waals surface area contributed by atoms with Gasteiger partial charge in [0.1, 0.15) is 5.82 Å². The maximum Gasteiger partial charge on any atom is 0.307 e. The first kappa shape index (κ1) is 20.6. The monoisotopic (exact) mass is 423 g/mol. The van der Waals surface area contributed by atoms with Crippen molar-refractivity contribution in [1.29, 1.82) is 0 Å². The van der Waals surface area contributed by atoms with Gasteiger partial charge in [0.15, 0.2) is 5.96 Å². The van der Waals surface area contributed by atoms with Gasteiger partial charge in [0, 0.05) is 13.1 Å². The number of nitrogens with zero attached hydrogens (tertiary/aromatic N) is 1. The van der Waals surface area contributed by atoms with Crippen LogP contribution >= 0.6 is 24.0 Å². The van der Waals surface area contributed by atoms with Crippen LogP contribution in [0.25, 0.3) is 0 Å². The van der Waals surface area contributed by atoms with E-state index in [9.17, 15) is 9.18 Å². The predicted octanol–water partition coefficient (Wildman–Crippen LogP) is 2.10. The molecule has 0 saturated carbocycles. The van der Waals surface area contributed by atoms with E-state index in [1.54, 1.807) is 6.07 Å². The molecule has 1 aromatic carbocycles. The minimum atomic E-state index is -0.283. The third kappa shape index (κ3) is 8.81. The van der Waals surface area contributed by atoms with Crippen LogP contribution in [0.15, 0.2) is 29.3 Å². The van der Waals surface area contributed by atoms with E-state index >= 15 is 0 Å². The van der Waals surface area contributed by atoms with Gasteiger partial charge < -0.3 is 15.4 Å². The molecular weight excluding hydrogens is 400 g/mol. The average Bonchev–Trinajstić information content (AvgIpc) is 2.47. The number of carbonyl (C=O) groups excluding carboxylic acids is 1. The topological polar surface area (TPSA) is 62.7 Å². The number of guanidine groups is 1. The molecule has 0 saturated heterocycles. The first-order valence-corrected chi connectivity index (χ1v) is 6.99. The van der Waals surface area contributed by atoms with Gasteiger partial charge in [-0.15, -0.1) is 24.0 Å². The number of nitrogens with one attached hydrogen (secondary N) is 2. The number of rotatable bonds is 7. The number of aliphatic imine (C=N–C) groups is 1. The lowest BCUT2D eigenvalue weighted by Gasteiger charge is -2.11. The first-order valence-electron chi connectivity index (χ1n) is 6.99. The number of methoxy groups -OCH3 is 1. The maximum absolute atomic E-state index is 13.0. The molecule has 0 aliphatic carbocycles. The average molecular weight is 423 g/mol. The number of carbonyl (C=O) groups is 1. The highest BCUT2D eigenvalue weighted by molar-refractivity contribution is 14.0. The highest BCUT2D eigenvalue weighted by Gasteiger charge is 2.01. The Hall–Kier alpha value is -1.38. The number of hydrogen-bond acceptors (Lipinski definition) is 3. The third-order valence-electron chi connectivity index (χ3n) is 2.75. The molecule has 2 N–H and O–H groups in total. The fraction of sp³-hybridized carbons (Fsp3) is 0.467. The number of hydrogen-bond donors (Lipinski definition) is 2. The Labute approximate surface area is 147 Å². The van der Waals surface area contributed by atoms with Crippen molar-refractivity contribution in [2.24, 2.45) is 4.99 Å². The highest BCUT2D eigenvalue weighted by Crippen LogP contribution is 2.03. The maximum atomic E-state index is 13.0. The summed E-state index contributed by atoms with van der Waals surface area (Å²) in [5.41, 5.74) is 0.924. The largest absolute Gasteiger partial charge is 0.469 e. The molecule has 22 heavy (non-hydrogen) atoms. The molecule has 1 aromatic rings. The van der Waals surface area contributed by atoms with Crippen LogP contribution in [0.2, 0.25) is 0 Å². The quantitative estimate of drug-likeness (QED) is 0.305. The molecule has 0 spiro atoms. The normalized spacial score (nSPS) is 10.6. The van der Waals surface area contributed by atoms with E-state index in [1.165, 1.54) is 19.2 Å². The highest BCUT2D eigenvalue weighted by atomic mass is 127. The Morgan fingerprint density at radius 2 is 2.14 bits per heavy atom. The number of benzene rings is 1. The summed E-state index contributed by atoms with van der Waals surface area (Å²) in [4.78, 5) is 15.3. The Balaban J connectivity index is 0.00000441. The molecule has 124 valence electrons. The number of esters is 1. The second-order valence-electron chi connectivity index (χ2n) is 4.39. The molecule has 0 aromatic heterocycles. The zero-order valence-electron chi connectivity index (χ0n) is 12.9. The summed E-state index contributed by atoms with van der Waals surface area (Å²) in [5, 5.41) is 6.23. The number of ether oxygens (including phenoxy) is 1. The number of halogens is 2. The molecule has 0 amide bonds. The molecule has 0 aliphatic rings. The van der Waals surface area contributed by atoms with E-state index in [-0.39, 0.29) is 42.2 Å². The molecule has 0 atom stereocenters. The van der Waals surface area contributed by atoms with Crippen LogP contribution in [0.3, 0.4) is 0 Å². The molecule has 0 heterocycles. The summed E-state index contributed by atoms with van der Waals surface area (Å²) in [6.45, 7) is 3.68. The summed E-state index contributed by atoms with van der Waals surface area (Å²) >= 11 is 0. The Morgan fingerprint density at radius 3 is 2.77 bits per heavy atom. The van der Waals surface area contributed by atoms with Gasteiger partial charge in [-0.25, -0.2) is 4.39 Å². The van der Waals surface area contributed by atoms with Gasteiger partial charge in [-0.1, -0.05) is 12.1 Å². The van der Waals surface area contributed by atoms with E-state index < -0.39 is 0 Å². The predicted molar refractivity (Wildman–Crippen MR) is 96.1 cm³/mol. The van der Waals surface area contributed by atoms with Crippen LogP contribution in [0.5, 0.6) is 0 Å². The van der Waals surface area contributed by atoms with Crippen LogP contribution in [-0.2, 0) is 16.0 Å². The van der Waals surface area contributed by atoms with Crippen molar-refractivity contribution in [3.05, 3.63) is 35.6 Å². The summed E-state index contributed by atoms with van der Waals surface area (Å²) in [5.74, 6) is 0.123. The van der Waals surface area contributed by atoms with Crippen LogP contribution in [-0.4, -0.2) is 38.7 Å². The summed E-state index contributed by atoms with van der Waals surface area (Å²) < 4.78 is 17.6. The van der Waals surface area contributed by atoms with Crippen LogP contribution < -0.4 is 10.6 Å². The van der Waals surface area contributed by atoms with Crippen LogP contribution in [0.4, 0.5) is 4.39 Å². The molecule has 5 nitrogen and oxygen atoms in total. The third-order valence-corrected chi connectivity index (χ3v) is 2.75. The first-order chi connectivity index (χ1) is 10.2. The Bertz CT molecular complexity index is 484. The molecule has 0 aliphatic heterocycles. The van der Waals surface area contributed by atoms with E-state index in [0.717, 1.165) is 12.1 Å². The second kappa shape index (κ2) is 12.2. The molecule has 0 fully saturated rings. The van der Waals surface area contributed by atoms with Crippen LogP contribution in [0, 0.1) is 5.82 Å². The van der Waals surface area contributed by atoms with Gasteiger partial charge in [0.2, 0.25) is 0 Å². The van der Waals surface area contributed by atoms with Crippen molar-refractivity contribution >= 4 is 35.9 Å². The van der Waals surface area contributed by atoms with Crippen molar-refractivity contribution < 1.29 is 13.9 Å². The molecule has 0 unspecified atom stereocenters. The van der Waals surface area contributed by atoms with E-state index in [2.05, 4.69) is 20.4 Å². The Morgan fingerprint density at radius 1 is 1.36 bits per heavy atom. The lowest BCUT2D eigenvalue weighted by molar-refractivity contribution is -0.140. The van der Waals surface area contributed by atoms with Gasteiger partial charge in [-0.05, 0) is 31.0 Å². The molecule has 0 bridgehead atoms. The van der Waals surface area contributed by atoms with Gasteiger partial charge >= 0.3 is 5.97 Å². The minimum absolute atomic E-state index is 0. The zero-order valence-corrected chi connectivity index (χ0v) is 15.2. The summed E-state index contributed by atoms with van der Waals surface area (Å²) in [6.07, 6.45) is 0.941.